The number of phenolic OH excluding ortho intramolecular Hbond substituents is 1. The van der Waals surface area contributed by atoms with E-state index in [1.54, 1.807) is 16.7 Å². The molecule has 0 aromatic heterocycles. The molecule has 208 valence electrons. The van der Waals surface area contributed by atoms with Crippen LogP contribution in [0, 0.1) is 0 Å². The van der Waals surface area contributed by atoms with Crippen LogP contribution >= 0.6 is 11.8 Å². The fourth-order valence-corrected chi connectivity index (χ4v) is 5.97. The van der Waals surface area contributed by atoms with Gasteiger partial charge in [-0.15, -0.1) is 11.8 Å². The number of nitrogens with one attached hydrogen (secondary N) is 1. The van der Waals surface area contributed by atoms with Crippen LogP contribution in [-0.4, -0.2) is 40.3 Å². The molecule has 0 saturated carbocycles. The molecule has 2 aromatic rings. The molecule has 1 unspecified atom stereocenters. The number of aryl methyl sites for hydroxylation is 1. The SMILES string of the molecule is CC(C)(C)c1cc(CCCCCCNC(=O)CN2C(=O)CC2SCc2ccccc2)cc(C(C)(C)C)c1O. The van der Waals surface area contributed by atoms with Gasteiger partial charge in [-0.1, -0.05) is 96.8 Å². The molecule has 6 heteroatoms. The third kappa shape index (κ3) is 8.52. The molecule has 1 heterocycles. The first kappa shape index (κ1) is 30.1. The van der Waals surface area contributed by atoms with Crippen molar-refractivity contribution < 1.29 is 14.7 Å². The van der Waals surface area contributed by atoms with Crippen molar-refractivity contribution >= 4 is 23.6 Å². The molecule has 0 spiro atoms. The summed E-state index contributed by atoms with van der Waals surface area (Å²) < 4.78 is 0. The number of amides is 2. The van der Waals surface area contributed by atoms with E-state index in [4.69, 9.17) is 0 Å². The molecule has 0 bridgehead atoms. The molecule has 0 aliphatic carbocycles. The number of unbranched alkanes of at least 4 members (excludes halogenated alkanes) is 3. The van der Waals surface area contributed by atoms with E-state index < -0.39 is 0 Å². The van der Waals surface area contributed by atoms with Crippen molar-refractivity contribution in [3.05, 3.63) is 64.7 Å². The largest absolute Gasteiger partial charge is 0.507 e. The summed E-state index contributed by atoms with van der Waals surface area (Å²) in [5.74, 6) is 1.27. The van der Waals surface area contributed by atoms with Gasteiger partial charge in [0.1, 0.15) is 12.3 Å². The van der Waals surface area contributed by atoms with E-state index >= 15 is 0 Å². The predicted octanol–water partition coefficient (Wildman–Crippen LogP) is 6.70. The molecule has 1 aliphatic rings. The van der Waals surface area contributed by atoms with Crippen LogP contribution in [0.1, 0.15) is 95.9 Å². The average molecular weight is 539 g/mol. The lowest BCUT2D eigenvalue weighted by atomic mass is 9.78. The highest BCUT2D eigenvalue weighted by atomic mass is 32.2. The van der Waals surface area contributed by atoms with Crippen molar-refractivity contribution in [3.63, 3.8) is 0 Å². The Hall–Kier alpha value is -2.47. The second-order valence-corrected chi connectivity index (χ2v) is 13.7. The van der Waals surface area contributed by atoms with E-state index in [1.165, 1.54) is 11.1 Å². The zero-order chi connectivity index (χ0) is 27.9. The maximum atomic E-state index is 12.4. The van der Waals surface area contributed by atoms with Crippen LogP contribution in [-0.2, 0) is 32.6 Å². The number of carbonyl (C=O) groups excluding carboxylic acids is 2. The lowest BCUT2D eigenvalue weighted by Crippen LogP contribution is -2.54. The molecular weight excluding hydrogens is 492 g/mol. The van der Waals surface area contributed by atoms with Crippen LogP contribution < -0.4 is 5.32 Å². The highest BCUT2D eigenvalue weighted by Crippen LogP contribution is 2.40. The Morgan fingerprint density at radius 2 is 1.55 bits per heavy atom. The third-order valence-electron chi connectivity index (χ3n) is 7.12. The maximum Gasteiger partial charge on any atom is 0.239 e. The molecule has 2 aromatic carbocycles. The average Bonchev–Trinajstić information content (AvgIpc) is 2.84. The molecular formula is C32H46N2O3S. The minimum atomic E-state index is -0.112. The Labute approximate surface area is 233 Å². The monoisotopic (exact) mass is 538 g/mol. The molecule has 1 saturated heterocycles. The van der Waals surface area contributed by atoms with Gasteiger partial charge in [0.15, 0.2) is 0 Å². The first-order chi connectivity index (χ1) is 17.9. The molecule has 1 fully saturated rings. The second kappa shape index (κ2) is 13.1. The Bertz CT molecular complexity index is 1050. The molecule has 1 atom stereocenters. The van der Waals surface area contributed by atoms with Crippen molar-refractivity contribution in [3.8, 4) is 5.75 Å². The molecule has 5 nitrogen and oxygen atoms in total. The van der Waals surface area contributed by atoms with Gasteiger partial charge in [0.05, 0.1) is 11.8 Å². The van der Waals surface area contributed by atoms with E-state index in [-0.39, 0.29) is 34.6 Å². The topological polar surface area (TPSA) is 69.6 Å². The Morgan fingerprint density at radius 1 is 0.947 bits per heavy atom. The molecule has 3 rings (SSSR count). The minimum Gasteiger partial charge on any atom is -0.507 e. The zero-order valence-corrected chi connectivity index (χ0v) is 24.9. The predicted molar refractivity (Wildman–Crippen MR) is 159 cm³/mol. The van der Waals surface area contributed by atoms with Gasteiger partial charge < -0.3 is 15.3 Å². The van der Waals surface area contributed by atoms with E-state index in [9.17, 15) is 14.7 Å². The standard InChI is InChI=1S/C32H46N2O3S/c1-31(2,3)25-18-24(19-26(30(25)37)32(4,5)6)16-10-7-8-13-17-33-27(35)21-34-28(36)20-29(34)38-22-23-14-11-9-12-15-23/h9,11-12,14-15,18-19,29,37H,7-8,10,13,16-17,20-22H2,1-6H3,(H,33,35). The van der Waals surface area contributed by atoms with E-state index in [2.05, 4.69) is 71.1 Å². The van der Waals surface area contributed by atoms with Crippen LogP contribution in [0.5, 0.6) is 5.75 Å². The number of hydrogen-bond acceptors (Lipinski definition) is 4. The number of benzene rings is 2. The first-order valence-electron chi connectivity index (χ1n) is 13.9. The van der Waals surface area contributed by atoms with Gasteiger partial charge in [0.25, 0.3) is 0 Å². The van der Waals surface area contributed by atoms with Crippen molar-refractivity contribution in [2.45, 2.75) is 102 Å². The van der Waals surface area contributed by atoms with Crippen LogP contribution in [0.25, 0.3) is 0 Å². The highest BCUT2D eigenvalue weighted by molar-refractivity contribution is 7.99. The normalized spacial score (nSPS) is 15.9. The van der Waals surface area contributed by atoms with E-state index in [0.29, 0.717) is 18.7 Å². The number of aromatic hydroxyl groups is 1. The molecule has 0 radical (unpaired) electrons. The van der Waals surface area contributed by atoms with Gasteiger partial charge in [0.2, 0.25) is 11.8 Å². The smallest absolute Gasteiger partial charge is 0.239 e. The highest BCUT2D eigenvalue weighted by Gasteiger charge is 2.37. The van der Waals surface area contributed by atoms with Crippen molar-refractivity contribution in [1.29, 1.82) is 0 Å². The third-order valence-corrected chi connectivity index (χ3v) is 8.42. The lowest BCUT2D eigenvalue weighted by molar-refractivity contribution is -0.145. The Morgan fingerprint density at radius 3 is 2.13 bits per heavy atom. The summed E-state index contributed by atoms with van der Waals surface area (Å²) in [6.07, 6.45) is 5.65. The summed E-state index contributed by atoms with van der Waals surface area (Å²) in [4.78, 5) is 26.1. The van der Waals surface area contributed by atoms with Gasteiger partial charge in [-0.3, -0.25) is 9.59 Å². The van der Waals surface area contributed by atoms with Gasteiger partial charge in [0, 0.05) is 12.3 Å². The molecule has 1 aliphatic heterocycles. The molecule has 2 N–H and O–H groups in total. The number of carbonyl (C=O) groups is 2. The summed E-state index contributed by atoms with van der Waals surface area (Å²) in [6.45, 7) is 13.7. The first-order valence-corrected chi connectivity index (χ1v) is 15.0. The van der Waals surface area contributed by atoms with Crippen LogP contribution in [0.4, 0.5) is 0 Å². The van der Waals surface area contributed by atoms with Crippen molar-refractivity contribution in [1.82, 2.24) is 10.2 Å². The van der Waals surface area contributed by atoms with Crippen molar-refractivity contribution in [2.24, 2.45) is 0 Å². The van der Waals surface area contributed by atoms with Gasteiger partial charge in [-0.25, -0.2) is 0 Å². The van der Waals surface area contributed by atoms with Crippen LogP contribution in [0.3, 0.4) is 0 Å². The number of nitrogens with zero attached hydrogens (tertiary/aromatic N) is 1. The minimum absolute atomic E-state index is 0.0594. The lowest BCUT2D eigenvalue weighted by Gasteiger charge is -2.39. The maximum absolute atomic E-state index is 12.4. The molecule has 38 heavy (non-hydrogen) atoms. The van der Waals surface area contributed by atoms with Crippen molar-refractivity contribution in [2.75, 3.05) is 13.1 Å². The quantitative estimate of drug-likeness (QED) is 0.233. The van der Waals surface area contributed by atoms with E-state index in [1.807, 2.05) is 18.2 Å². The zero-order valence-electron chi connectivity index (χ0n) is 24.1. The fraction of sp³-hybridized carbons (Fsp3) is 0.562. The van der Waals surface area contributed by atoms with Gasteiger partial charge in [-0.2, -0.15) is 0 Å². The summed E-state index contributed by atoms with van der Waals surface area (Å²) in [6, 6.07) is 14.6. The summed E-state index contributed by atoms with van der Waals surface area (Å²) in [5.41, 5.74) is 4.33. The number of rotatable bonds is 12. The fourth-order valence-electron chi connectivity index (χ4n) is 4.76. The van der Waals surface area contributed by atoms with Crippen LogP contribution in [0.15, 0.2) is 42.5 Å². The number of thioether (sulfide) groups is 1. The Kier molecular flexibility index (Phi) is 10.3. The summed E-state index contributed by atoms with van der Waals surface area (Å²) in [5, 5.41) is 14.0. The number of phenols is 1. The molecule has 2 amide bonds. The number of likely N-dealkylation sites (tertiary alicyclic amines) is 1. The van der Waals surface area contributed by atoms with Gasteiger partial charge in [-0.05, 0) is 52.3 Å². The van der Waals surface area contributed by atoms with E-state index in [0.717, 1.165) is 49.0 Å². The Balaban J connectivity index is 1.36. The number of β-lactam (4-membered cyclic amide) rings is 1. The van der Waals surface area contributed by atoms with Gasteiger partial charge >= 0.3 is 0 Å². The summed E-state index contributed by atoms with van der Waals surface area (Å²) in [7, 11) is 0. The second-order valence-electron chi connectivity index (χ2n) is 12.5. The van der Waals surface area contributed by atoms with Crippen LogP contribution in [0.2, 0.25) is 0 Å². The summed E-state index contributed by atoms with van der Waals surface area (Å²) >= 11 is 1.72. The number of hydrogen-bond donors (Lipinski definition) is 2.